The molecule has 0 radical (unpaired) electrons. The molecule has 8 nitrogen and oxygen atoms in total. The number of primary amides is 1. The molecular weight excluding hydrogens is 404 g/mol. The van der Waals surface area contributed by atoms with E-state index in [0.29, 0.717) is 17.3 Å². The van der Waals surface area contributed by atoms with Gasteiger partial charge < -0.3 is 20.5 Å². The third-order valence-corrected chi connectivity index (χ3v) is 5.84. The van der Waals surface area contributed by atoms with Crippen LogP contribution in [0.15, 0.2) is 54.9 Å². The van der Waals surface area contributed by atoms with Crippen LogP contribution in [-0.4, -0.2) is 40.8 Å². The summed E-state index contributed by atoms with van der Waals surface area (Å²) in [5.74, 6) is 1.01. The van der Waals surface area contributed by atoms with Crippen molar-refractivity contribution in [3.8, 4) is 17.2 Å². The smallest absolute Gasteiger partial charge is 0.255 e. The van der Waals surface area contributed by atoms with Gasteiger partial charge in [-0.15, -0.1) is 11.8 Å². The molecule has 30 heavy (non-hydrogen) atoms. The number of ether oxygens (including phenoxy) is 2. The fraction of sp³-hybridized carbons (Fsp3) is 0.190. The number of hydrogen-bond acceptors (Lipinski definition) is 6. The van der Waals surface area contributed by atoms with Crippen LogP contribution in [0.2, 0.25) is 0 Å². The summed E-state index contributed by atoms with van der Waals surface area (Å²) in [7, 11) is 1.53. The third kappa shape index (κ3) is 3.97. The molecule has 3 N–H and O–H groups in total. The van der Waals surface area contributed by atoms with E-state index in [1.807, 2.05) is 41.0 Å². The van der Waals surface area contributed by atoms with E-state index < -0.39 is 5.91 Å². The second kappa shape index (κ2) is 8.50. The molecule has 0 fully saturated rings. The summed E-state index contributed by atoms with van der Waals surface area (Å²) < 4.78 is 12.9. The summed E-state index contributed by atoms with van der Waals surface area (Å²) in [6, 6.07) is 15.3. The van der Waals surface area contributed by atoms with Crippen LogP contribution in [0.4, 0.5) is 5.82 Å². The van der Waals surface area contributed by atoms with E-state index in [0.717, 1.165) is 16.9 Å². The minimum Gasteiger partial charge on any atom is -0.493 e. The number of carbonyl (C=O) groups excluding carboxylic acids is 2. The molecule has 0 saturated carbocycles. The number of carbonyl (C=O) groups is 2. The van der Waals surface area contributed by atoms with E-state index in [1.54, 1.807) is 18.5 Å². The van der Waals surface area contributed by atoms with E-state index in [1.165, 1.54) is 18.9 Å². The van der Waals surface area contributed by atoms with Gasteiger partial charge in [0.2, 0.25) is 5.91 Å². The monoisotopic (exact) mass is 424 g/mol. The Kier molecular flexibility index (Phi) is 5.62. The molecular formula is C21H20N4O4S. The number of hydrogen-bond donors (Lipinski definition) is 2. The zero-order chi connectivity index (χ0) is 21.1. The van der Waals surface area contributed by atoms with E-state index in [4.69, 9.17) is 15.2 Å². The number of benzene rings is 2. The Bertz CT molecular complexity index is 1080. The highest BCUT2D eigenvalue weighted by Gasteiger charge is 2.30. The average Bonchev–Trinajstić information content (AvgIpc) is 3.08. The van der Waals surface area contributed by atoms with Gasteiger partial charge in [-0.05, 0) is 29.8 Å². The predicted octanol–water partition coefficient (Wildman–Crippen LogP) is 2.52. The van der Waals surface area contributed by atoms with Crippen molar-refractivity contribution in [1.82, 2.24) is 9.55 Å². The molecule has 1 aromatic heterocycles. The molecule has 1 aliphatic heterocycles. The van der Waals surface area contributed by atoms with E-state index in [2.05, 4.69) is 10.3 Å². The van der Waals surface area contributed by atoms with Gasteiger partial charge in [0.15, 0.2) is 23.9 Å². The van der Waals surface area contributed by atoms with E-state index in [-0.39, 0.29) is 23.5 Å². The quantitative estimate of drug-likeness (QED) is 0.629. The maximum atomic E-state index is 12.2. The number of fused-ring (bicyclic) bond motifs is 1. The SMILES string of the molecule is COc1ccc([C@H]2SCC(=O)Nc3ncn(-c4ccccc4)c32)cc1OCC(N)=O. The van der Waals surface area contributed by atoms with Gasteiger partial charge >= 0.3 is 0 Å². The number of para-hydroxylation sites is 1. The van der Waals surface area contributed by atoms with E-state index >= 15 is 0 Å². The number of amides is 2. The summed E-state index contributed by atoms with van der Waals surface area (Å²) in [6.45, 7) is -0.259. The van der Waals surface area contributed by atoms with Crippen molar-refractivity contribution in [1.29, 1.82) is 0 Å². The van der Waals surface area contributed by atoms with Crippen LogP contribution in [0.5, 0.6) is 11.5 Å². The van der Waals surface area contributed by atoms with Gasteiger partial charge in [0.1, 0.15) is 6.33 Å². The third-order valence-electron chi connectivity index (χ3n) is 4.59. The second-order valence-corrected chi connectivity index (χ2v) is 7.68. The number of thioether (sulfide) groups is 1. The number of anilines is 1. The molecule has 4 rings (SSSR count). The molecule has 1 aliphatic rings. The Hall–Kier alpha value is -3.46. The molecule has 0 unspecified atom stereocenters. The minimum absolute atomic E-state index is 0.110. The molecule has 2 aromatic carbocycles. The van der Waals surface area contributed by atoms with Crippen LogP contribution in [-0.2, 0) is 9.59 Å². The first-order valence-electron chi connectivity index (χ1n) is 9.20. The van der Waals surface area contributed by atoms with Gasteiger partial charge in [0.05, 0.1) is 23.8 Å². The Morgan fingerprint density at radius 2 is 2.07 bits per heavy atom. The minimum atomic E-state index is -0.578. The van der Waals surface area contributed by atoms with Crippen molar-refractivity contribution in [2.75, 3.05) is 24.8 Å². The van der Waals surface area contributed by atoms with Gasteiger partial charge in [0.25, 0.3) is 5.91 Å². The molecule has 3 aromatic rings. The van der Waals surface area contributed by atoms with Gasteiger partial charge in [-0.3, -0.25) is 14.2 Å². The number of nitrogens with two attached hydrogens (primary N) is 1. The highest BCUT2D eigenvalue weighted by atomic mass is 32.2. The second-order valence-electron chi connectivity index (χ2n) is 6.59. The van der Waals surface area contributed by atoms with Gasteiger partial charge in [-0.1, -0.05) is 24.3 Å². The van der Waals surface area contributed by atoms with Crippen molar-refractivity contribution in [3.63, 3.8) is 0 Å². The fourth-order valence-electron chi connectivity index (χ4n) is 3.28. The first kappa shape index (κ1) is 19.8. The van der Waals surface area contributed by atoms with Crippen molar-refractivity contribution in [2.45, 2.75) is 5.25 Å². The Morgan fingerprint density at radius 1 is 1.27 bits per heavy atom. The molecule has 154 valence electrons. The summed E-state index contributed by atoms with van der Waals surface area (Å²) >= 11 is 1.49. The number of methoxy groups -OCH3 is 1. The first-order valence-corrected chi connectivity index (χ1v) is 10.2. The fourth-order valence-corrected chi connectivity index (χ4v) is 4.39. The topological polar surface area (TPSA) is 108 Å². The van der Waals surface area contributed by atoms with E-state index in [9.17, 15) is 9.59 Å². The number of rotatable bonds is 6. The maximum Gasteiger partial charge on any atom is 0.255 e. The zero-order valence-corrected chi connectivity index (χ0v) is 17.0. The molecule has 9 heteroatoms. The number of nitrogens with one attached hydrogen (secondary N) is 1. The van der Waals surface area contributed by atoms with Crippen LogP contribution in [0.1, 0.15) is 16.5 Å². The highest BCUT2D eigenvalue weighted by molar-refractivity contribution is 8.00. The van der Waals surface area contributed by atoms with Crippen LogP contribution >= 0.6 is 11.8 Å². The van der Waals surface area contributed by atoms with Crippen LogP contribution in [0, 0.1) is 0 Å². The van der Waals surface area contributed by atoms with Crippen LogP contribution in [0.3, 0.4) is 0 Å². The highest BCUT2D eigenvalue weighted by Crippen LogP contribution is 2.44. The molecule has 0 bridgehead atoms. The molecule has 2 amide bonds. The van der Waals surface area contributed by atoms with Crippen LogP contribution in [0.25, 0.3) is 5.69 Å². The number of nitrogens with zero attached hydrogens (tertiary/aromatic N) is 2. The lowest BCUT2D eigenvalue weighted by Gasteiger charge is -2.20. The van der Waals surface area contributed by atoms with Gasteiger partial charge in [0, 0.05) is 5.69 Å². The summed E-state index contributed by atoms with van der Waals surface area (Å²) in [4.78, 5) is 27.8. The standard InChI is InChI=1S/C21H20N4O4S/c1-28-15-8-7-13(9-16(15)29-10-17(22)26)20-19-21(24-18(27)11-30-20)23-12-25(19)14-5-3-2-4-6-14/h2-9,12,20H,10-11H2,1H3,(H2,22,26)(H,24,27)/t20-/m1/s1. The Labute approximate surface area is 177 Å². The molecule has 2 heterocycles. The lowest BCUT2D eigenvalue weighted by molar-refractivity contribution is -0.120. The van der Waals surface area contributed by atoms with Crippen molar-refractivity contribution in [2.24, 2.45) is 5.73 Å². The normalized spacial score (nSPS) is 15.6. The van der Waals surface area contributed by atoms with Crippen molar-refractivity contribution < 1.29 is 19.1 Å². The van der Waals surface area contributed by atoms with Crippen molar-refractivity contribution in [3.05, 3.63) is 66.1 Å². The Balaban J connectivity index is 1.80. The molecule has 1 atom stereocenters. The zero-order valence-electron chi connectivity index (χ0n) is 16.2. The summed E-state index contributed by atoms with van der Waals surface area (Å²) in [6.07, 6.45) is 1.70. The molecule has 0 spiro atoms. The average molecular weight is 424 g/mol. The lowest BCUT2D eigenvalue weighted by Crippen LogP contribution is -2.20. The maximum absolute atomic E-state index is 12.2. The number of aromatic nitrogens is 2. The summed E-state index contributed by atoms with van der Waals surface area (Å²) in [5, 5.41) is 2.68. The summed E-state index contributed by atoms with van der Waals surface area (Å²) in [5.41, 5.74) is 7.89. The van der Waals surface area contributed by atoms with Gasteiger partial charge in [-0.2, -0.15) is 0 Å². The lowest BCUT2D eigenvalue weighted by atomic mass is 10.1. The van der Waals surface area contributed by atoms with Gasteiger partial charge in [-0.25, -0.2) is 4.98 Å². The van der Waals surface area contributed by atoms with Crippen LogP contribution < -0.4 is 20.5 Å². The predicted molar refractivity (Wildman–Crippen MR) is 114 cm³/mol. The largest absolute Gasteiger partial charge is 0.493 e. The molecule has 0 aliphatic carbocycles. The Morgan fingerprint density at radius 3 is 2.80 bits per heavy atom. The van der Waals surface area contributed by atoms with Crippen molar-refractivity contribution >= 4 is 29.4 Å². The number of imidazole rings is 1. The molecule has 0 saturated heterocycles. The first-order chi connectivity index (χ1) is 14.6.